The number of hydrogen-bond acceptors (Lipinski definition) is 2. The first-order valence-corrected chi connectivity index (χ1v) is 6.56. The van der Waals surface area contributed by atoms with E-state index in [0.717, 1.165) is 24.1 Å². The van der Waals surface area contributed by atoms with Crippen LogP contribution in [-0.2, 0) is 5.41 Å². The molecule has 1 aromatic rings. The molecule has 0 heterocycles. The summed E-state index contributed by atoms with van der Waals surface area (Å²) in [6, 6.07) is 8.24. The van der Waals surface area contributed by atoms with Crippen molar-refractivity contribution in [2.45, 2.75) is 32.6 Å². The fraction of sp³-hybridized carbons (Fsp3) is 0.600. The van der Waals surface area contributed by atoms with Crippen LogP contribution in [0, 0.1) is 11.8 Å². The largest absolute Gasteiger partial charge is 0.399 e. The van der Waals surface area contributed by atoms with Crippen LogP contribution in [0.3, 0.4) is 0 Å². The maximum Gasteiger partial charge on any atom is 0.0314 e. The highest BCUT2D eigenvalue weighted by Gasteiger charge is 2.32. The average Bonchev–Trinajstić information content (AvgIpc) is 2.95. The molecule has 2 unspecified atom stereocenters. The molecular formula is C15H24N2. The molecule has 0 radical (unpaired) electrons. The Morgan fingerprint density at radius 1 is 1.29 bits per heavy atom. The second kappa shape index (κ2) is 4.69. The van der Waals surface area contributed by atoms with E-state index >= 15 is 0 Å². The topological polar surface area (TPSA) is 38.0 Å². The molecule has 94 valence electrons. The molecule has 1 aliphatic carbocycles. The average molecular weight is 232 g/mol. The summed E-state index contributed by atoms with van der Waals surface area (Å²) >= 11 is 0. The molecule has 0 bridgehead atoms. The van der Waals surface area contributed by atoms with Gasteiger partial charge in [0.25, 0.3) is 0 Å². The quantitative estimate of drug-likeness (QED) is 0.766. The van der Waals surface area contributed by atoms with E-state index in [1.807, 2.05) is 12.1 Å². The molecule has 1 saturated carbocycles. The number of rotatable bonds is 5. The molecule has 2 atom stereocenters. The van der Waals surface area contributed by atoms with E-state index in [-0.39, 0.29) is 5.41 Å². The van der Waals surface area contributed by atoms with Crippen molar-refractivity contribution in [3.05, 3.63) is 29.8 Å². The Kier molecular flexibility index (Phi) is 3.43. The van der Waals surface area contributed by atoms with Gasteiger partial charge in [-0.2, -0.15) is 0 Å². The van der Waals surface area contributed by atoms with Crippen LogP contribution in [0.1, 0.15) is 32.8 Å². The van der Waals surface area contributed by atoms with Crippen LogP contribution in [0.2, 0.25) is 0 Å². The lowest BCUT2D eigenvalue weighted by atomic mass is 9.84. The lowest BCUT2D eigenvalue weighted by Crippen LogP contribution is -2.34. The lowest BCUT2D eigenvalue weighted by molar-refractivity contribution is 0.458. The fourth-order valence-electron chi connectivity index (χ4n) is 2.29. The highest BCUT2D eigenvalue weighted by molar-refractivity contribution is 5.41. The minimum absolute atomic E-state index is 0.172. The van der Waals surface area contributed by atoms with E-state index in [1.165, 1.54) is 18.5 Å². The van der Waals surface area contributed by atoms with Crippen LogP contribution >= 0.6 is 0 Å². The zero-order chi connectivity index (χ0) is 12.5. The molecule has 0 saturated heterocycles. The number of nitrogens with two attached hydrogens (primary N) is 1. The van der Waals surface area contributed by atoms with E-state index in [2.05, 4.69) is 38.2 Å². The smallest absolute Gasteiger partial charge is 0.0314 e. The first-order valence-electron chi connectivity index (χ1n) is 6.56. The third-order valence-corrected chi connectivity index (χ3v) is 3.94. The van der Waals surface area contributed by atoms with E-state index in [1.54, 1.807) is 0 Å². The summed E-state index contributed by atoms with van der Waals surface area (Å²) in [5.74, 6) is 1.85. The standard InChI is InChI=1S/C15H24N2/c1-11-8-12(11)9-17-10-15(2,3)13-4-6-14(16)7-5-13/h4-7,11-12,17H,8-10,16H2,1-3H3. The molecule has 2 rings (SSSR count). The maximum absolute atomic E-state index is 5.72. The highest BCUT2D eigenvalue weighted by atomic mass is 14.9. The Labute approximate surface area is 105 Å². The van der Waals surface area contributed by atoms with Gasteiger partial charge >= 0.3 is 0 Å². The van der Waals surface area contributed by atoms with E-state index in [0.29, 0.717) is 0 Å². The SMILES string of the molecule is CC1CC1CNCC(C)(C)c1ccc(N)cc1. The molecule has 1 fully saturated rings. The summed E-state index contributed by atoms with van der Waals surface area (Å²) in [4.78, 5) is 0. The van der Waals surface area contributed by atoms with E-state index < -0.39 is 0 Å². The van der Waals surface area contributed by atoms with Gasteiger partial charge in [0.1, 0.15) is 0 Å². The van der Waals surface area contributed by atoms with Crippen molar-refractivity contribution in [1.29, 1.82) is 0 Å². The third kappa shape index (κ3) is 3.22. The Morgan fingerprint density at radius 2 is 1.88 bits per heavy atom. The molecule has 0 aliphatic heterocycles. The lowest BCUT2D eigenvalue weighted by Gasteiger charge is -2.26. The van der Waals surface area contributed by atoms with Crippen LogP contribution in [-0.4, -0.2) is 13.1 Å². The van der Waals surface area contributed by atoms with Gasteiger partial charge in [-0.15, -0.1) is 0 Å². The van der Waals surface area contributed by atoms with Crippen molar-refractivity contribution in [1.82, 2.24) is 5.32 Å². The molecule has 0 amide bonds. The van der Waals surface area contributed by atoms with Gasteiger partial charge in [-0.05, 0) is 42.5 Å². The van der Waals surface area contributed by atoms with Crippen LogP contribution in [0.5, 0.6) is 0 Å². The van der Waals surface area contributed by atoms with Crippen LogP contribution in [0.25, 0.3) is 0 Å². The van der Waals surface area contributed by atoms with Gasteiger partial charge in [0, 0.05) is 17.6 Å². The summed E-state index contributed by atoms with van der Waals surface area (Å²) in [5.41, 5.74) is 8.08. The maximum atomic E-state index is 5.72. The zero-order valence-electron chi connectivity index (χ0n) is 11.2. The fourth-order valence-corrected chi connectivity index (χ4v) is 2.29. The number of benzene rings is 1. The Bertz CT molecular complexity index is 367. The van der Waals surface area contributed by atoms with Crippen molar-refractivity contribution in [3.8, 4) is 0 Å². The second-order valence-corrected chi connectivity index (χ2v) is 6.11. The Hall–Kier alpha value is -1.02. The monoisotopic (exact) mass is 232 g/mol. The first-order chi connectivity index (χ1) is 7.99. The normalized spacial score (nSPS) is 23.7. The van der Waals surface area contributed by atoms with Gasteiger partial charge in [-0.3, -0.25) is 0 Å². The van der Waals surface area contributed by atoms with Gasteiger partial charge in [0.2, 0.25) is 0 Å². The van der Waals surface area contributed by atoms with Gasteiger partial charge < -0.3 is 11.1 Å². The number of hydrogen-bond donors (Lipinski definition) is 2. The zero-order valence-corrected chi connectivity index (χ0v) is 11.2. The predicted molar refractivity (Wildman–Crippen MR) is 74.0 cm³/mol. The van der Waals surface area contributed by atoms with Gasteiger partial charge in [0.05, 0.1) is 0 Å². The summed E-state index contributed by atoms with van der Waals surface area (Å²) in [7, 11) is 0. The summed E-state index contributed by atoms with van der Waals surface area (Å²) in [6.45, 7) is 9.08. The van der Waals surface area contributed by atoms with Crippen molar-refractivity contribution < 1.29 is 0 Å². The van der Waals surface area contributed by atoms with Crippen molar-refractivity contribution in [3.63, 3.8) is 0 Å². The van der Waals surface area contributed by atoms with Crippen LogP contribution in [0.15, 0.2) is 24.3 Å². The minimum Gasteiger partial charge on any atom is -0.399 e. The van der Waals surface area contributed by atoms with Crippen LogP contribution in [0.4, 0.5) is 5.69 Å². The molecule has 0 aromatic heterocycles. The molecule has 1 aromatic carbocycles. The number of anilines is 1. The van der Waals surface area contributed by atoms with E-state index in [9.17, 15) is 0 Å². The van der Waals surface area contributed by atoms with Gasteiger partial charge in [0.15, 0.2) is 0 Å². The van der Waals surface area contributed by atoms with Gasteiger partial charge in [-0.25, -0.2) is 0 Å². The first kappa shape index (κ1) is 12.4. The van der Waals surface area contributed by atoms with Crippen molar-refractivity contribution in [2.75, 3.05) is 18.8 Å². The molecule has 17 heavy (non-hydrogen) atoms. The molecule has 1 aliphatic rings. The van der Waals surface area contributed by atoms with E-state index in [4.69, 9.17) is 5.73 Å². The van der Waals surface area contributed by atoms with Crippen LogP contribution < -0.4 is 11.1 Å². The molecule has 2 nitrogen and oxygen atoms in total. The Morgan fingerprint density at radius 3 is 2.41 bits per heavy atom. The summed E-state index contributed by atoms with van der Waals surface area (Å²) < 4.78 is 0. The van der Waals surface area contributed by atoms with Gasteiger partial charge in [-0.1, -0.05) is 32.9 Å². The summed E-state index contributed by atoms with van der Waals surface area (Å²) in [6.07, 6.45) is 1.40. The third-order valence-electron chi connectivity index (χ3n) is 3.94. The van der Waals surface area contributed by atoms with Crippen molar-refractivity contribution in [2.24, 2.45) is 11.8 Å². The second-order valence-electron chi connectivity index (χ2n) is 6.11. The minimum atomic E-state index is 0.172. The summed E-state index contributed by atoms with van der Waals surface area (Å²) in [5, 5.41) is 3.60. The molecule has 3 N–H and O–H groups in total. The molecule has 2 heteroatoms. The Balaban J connectivity index is 1.86. The number of nitrogen functional groups attached to an aromatic ring is 1. The van der Waals surface area contributed by atoms with Crippen molar-refractivity contribution >= 4 is 5.69 Å². The molecule has 0 spiro atoms. The molecular weight excluding hydrogens is 208 g/mol. The number of nitrogens with one attached hydrogen (secondary N) is 1. The predicted octanol–water partition coefficient (Wildman–Crippen LogP) is 2.79. The highest BCUT2D eigenvalue weighted by Crippen LogP contribution is 2.37.